The van der Waals surface area contributed by atoms with Crippen LogP contribution in [0.4, 0.5) is 4.39 Å². The summed E-state index contributed by atoms with van der Waals surface area (Å²) in [5.74, 6) is -1.92. The minimum atomic E-state index is -1.09. The number of carbonyl (C=O) groups is 2. The minimum absolute atomic E-state index is 0.0334. The molecule has 0 spiro atoms. The minimum Gasteiger partial charge on any atom is -0.507 e. The third kappa shape index (κ3) is 4.01. The number of rotatable bonds is 5. The Labute approximate surface area is 200 Å². The molecule has 174 valence electrons. The maximum absolute atomic E-state index is 14.9. The zero-order valence-electron chi connectivity index (χ0n) is 18.8. The third-order valence-electron chi connectivity index (χ3n) is 6.14. The number of aromatic nitrogens is 1. The predicted octanol–water partition coefficient (Wildman–Crippen LogP) is 5.00. The first-order valence-corrected chi connectivity index (χ1v) is 11.0. The molecular formula is C28H21FN2O4. The van der Waals surface area contributed by atoms with E-state index in [2.05, 4.69) is 4.98 Å². The lowest BCUT2D eigenvalue weighted by molar-refractivity contribution is -0.140. The van der Waals surface area contributed by atoms with Gasteiger partial charge in [0, 0.05) is 30.1 Å². The average molecular weight is 468 g/mol. The van der Waals surface area contributed by atoms with E-state index in [9.17, 15) is 19.1 Å². The van der Waals surface area contributed by atoms with Gasteiger partial charge in [0.2, 0.25) is 0 Å². The molecule has 2 heterocycles. The van der Waals surface area contributed by atoms with E-state index in [1.807, 2.05) is 12.1 Å². The fraction of sp³-hybridized carbons (Fsp3) is 0.107. The molecule has 1 aromatic heterocycles. The van der Waals surface area contributed by atoms with Crippen molar-refractivity contribution in [1.82, 2.24) is 9.88 Å². The van der Waals surface area contributed by atoms with Crippen molar-refractivity contribution in [3.8, 4) is 5.75 Å². The summed E-state index contributed by atoms with van der Waals surface area (Å²) in [7, 11) is 1.58. The predicted molar refractivity (Wildman–Crippen MR) is 129 cm³/mol. The highest BCUT2D eigenvalue weighted by atomic mass is 19.1. The molecule has 1 atom stereocenters. The first-order valence-electron chi connectivity index (χ1n) is 11.0. The van der Waals surface area contributed by atoms with Gasteiger partial charge >= 0.3 is 0 Å². The Balaban J connectivity index is 1.66. The highest BCUT2D eigenvalue weighted by Crippen LogP contribution is 2.41. The summed E-state index contributed by atoms with van der Waals surface area (Å²) >= 11 is 0. The molecule has 3 aromatic carbocycles. The van der Waals surface area contributed by atoms with Gasteiger partial charge in [0.15, 0.2) is 0 Å². The molecule has 0 radical (unpaired) electrons. The first kappa shape index (κ1) is 22.3. The third-order valence-corrected chi connectivity index (χ3v) is 6.14. The van der Waals surface area contributed by atoms with Crippen LogP contribution < -0.4 is 4.74 Å². The largest absolute Gasteiger partial charge is 0.507 e. The summed E-state index contributed by atoms with van der Waals surface area (Å²) < 4.78 is 20.2. The molecule has 1 N–H and O–H groups in total. The highest BCUT2D eigenvalue weighted by Gasteiger charge is 2.47. The van der Waals surface area contributed by atoms with Crippen LogP contribution >= 0.6 is 0 Å². The number of carbonyl (C=O) groups excluding carboxylic acids is 2. The molecule has 6 nitrogen and oxygen atoms in total. The lowest BCUT2D eigenvalue weighted by Crippen LogP contribution is -2.29. The Hall–Kier alpha value is -4.52. The van der Waals surface area contributed by atoms with E-state index in [1.165, 1.54) is 23.1 Å². The molecule has 35 heavy (non-hydrogen) atoms. The number of pyridine rings is 1. The Morgan fingerprint density at radius 3 is 2.54 bits per heavy atom. The second kappa shape index (κ2) is 9.02. The molecule has 1 saturated heterocycles. The number of hydrogen-bond acceptors (Lipinski definition) is 5. The molecule has 0 saturated carbocycles. The molecule has 0 bridgehead atoms. The van der Waals surface area contributed by atoms with Crippen LogP contribution in [0.2, 0.25) is 0 Å². The molecule has 1 aliphatic rings. The molecule has 1 unspecified atom stereocenters. The van der Waals surface area contributed by atoms with E-state index in [1.54, 1.807) is 62.0 Å². The Bertz CT molecular complexity index is 1480. The summed E-state index contributed by atoms with van der Waals surface area (Å²) in [5.41, 5.74) is 0.998. The van der Waals surface area contributed by atoms with Gasteiger partial charge in [0.05, 0.1) is 18.7 Å². The standard InChI is InChI=1S/C28H21FN2O4/c1-35-21-11-10-18-13-20(9-8-19(18)14-21)26(32)24-25(22-6-2-3-7-23(22)29)31(28(34)27(24)33)16-17-5-4-12-30-15-17/h2-15,25,32H,16H2,1H3/b26-24+. The van der Waals surface area contributed by atoms with E-state index >= 15 is 0 Å². The van der Waals surface area contributed by atoms with Gasteiger partial charge in [-0.3, -0.25) is 14.6 Å². The first-order chi connectivity index (χ1) is 17.0. The van der Waals surface area contributed by atoms with Gasteiger partial charge in [-0.15, -0.1) is 0 Å². The van der Waals surface area contributed by atoms with Crippen molar-refractivity contribution >= 4 is 28.2 Å². The fourth-order valence-corrected chi connectivity index (χ4v) is 4.41. The van der Waals surface area contributed by atoms with E-state index < -0.39 is 23.5 Å². The van der Waals surface area contributed by atoms with Crippen LogP contribution in [0.5, 0.6) is 5.75 Å². The molecular weight excluding hydrogens is 447 g/mol. The smallest absolute Gasteiger partial charge is 0.295 e. The summed E-state index contributed by atoms with van der Waals surface area (Å²) in [6.07, 6.45) is 3.18. The summed E-state index contributed by atoms with van der Waals surface area (Å²) in [4.78, 5) is 31.6. The number of aliphatic hydroxyl groups is 1. The fourth-order valence-electron chi connectivity index (χ4n) is 4.41. The van der Waals surface area contributed by atoms with Crippen molar-refractivity contribution in [2.75, 3.05) is 7.11 Å². The van der Waals surface area contributed by atoms with Gasteiger partial charge in [-0.05, 0) is 46.7 Å². The summed E-state index contributed by atoms with van der Waals surface area (Å²) in [6.45, 7) is 0.0334. The molecule has 4 aromatic rings. The summed E-state index contributed by atoms with van der Waals surface area (Å²) in [5, 5.41) is 13.0. The molecule has 5 rings (SSSR count). The van der Waals surface area contributed by atoms with Crippen molar-refractivity contribution in [2.24, 2.45) is 0 Å². The van der Waals surface area contributed by atoms with Gasteiger partial charge in [-0.25, -0.2) is 4.39 Å². The summed E-state index contributed by atoms with van der Waals surface area (Å²) in [6, 6.07) is 19.0. The number of methoxy groups -OCH3 is 1. The number of ketones is 1. The number of likely N-dealkylation sites (tertiary alicyclic amines) is 1. The molecule has 0 aliphatic carbocycles. The van der Waals surface area contributed by atoms with E-state index in [0.29, 0.717) is 16.9 Å². The number of ether oxygens (including phenoxy) is 1. The van der Waals surface area contributed by atoms with Gasteiger partial charge in [-0.2, -0.15) is 0 Å². The van der Waals surface area contributed by atoms with Crippen molar-refractivity contribution in [2.45, 2.75) is 12.6 Å². The average Bonchev–Trinajstić information content (AvgIpc) is 3.13. The van der Waals surface area contributed by atoms with Crippen LogP contribution in [0.1, 0.15) is 22.7 Å². The van der Waals surface area contributed by atoms with Crippen molar-refractivity contribution < 1.29 is 23.8 Å². The molecule has 1 aliphatic heterocycles. The van der Waals surface area contributed by atoms with E-state index in [4.69, 9.17) is 4.74 Å². The maximum Gasteiger partial charge on any atom is 0.295 e. The van der Waals surface area contributed by atoms with Crippen LogP contribution in [0.25, 0.3) is 16.5 Å². The number of fused-ring (bicyclic) bond motifs is 1. The topological polar surface area (TPSA) is 79.7 Å². The highest BCUT2D eigenvalue weighted by molar-refractivity contribution is 6.46. The van der Waals surface area contributed by atoms with Gasteiger partial charge in [0.1, 0.15) is 17.3 Å². The lowest BCUT2D eigenvalue weighted by atomic mass is 9.94. The quantitative estimate of drug-likeness (QED) is 0.253. The molecule has 7 heteroatoms. The number of nitrogens with zero attached hydrogens (tertiary/aromatic N) is 2. The second-order valence-electron chi connectivity index (χ2n) is 8.24. The zero-order chi connectivity index (χ0) is 24.5. The normalized spacial score (nSPS) is 17.2. The second-order valence-corrected chi connectivity index (χ2v) is 8.24. The van der Waals surface area contributed by atoms with Gasteiger partial charge < -0.3 is 14.7 Å². The Morgan fingerprint density at radius 2 is 1.80 bits per heavy atom. The SMILES string of the molecule is COc1ccc2cc(/C(O)=C3\C(=O)C(=O)N(Cc4cccnc4)C3c3ccccc3F)ccc2c1. The molecule has 1 amide bonds. The lowest BCUT2D eigenvalue weighted by Gasteiger charge is -2.25. The van der Waals surface area contributed by atoms with Crippen LogP contribution in [0.15, 0.2) is 90.8 Å². The number of hydrogen-bond donors (Lipinski definition) is 1. The van der Waals surface area contributed by atoms with Crippen molar-refractivity contribution in [1.29, 1.82) is 0 Å². The number of amides is 1. The number of Topliss-reactive ketones (excluding diaryl/α,β-unsaturated/α-hetero) is 1. The van der Waals surface area contributed by atoms with Gasteiger partial charge in [-0.1, -0.05) is 42.5 Å². The van der Waals surface area contributed by atoms with Crippen molar-refractivity contribution in [3.05, 3.63) is 113 Å². The Morgan fingerprint density at radius 1 is 1.03 bits per heavy atom. The van der Waals surface area contributed by atoms with Crippen LogP contribution in [0, 0.1) is 5.82 Å². The number of aliphatic hydroxyl groups excluding tert-OH is 1. The number of halogens is 1. The van der Waals surface area contributed by atoms with Crippen LogP contribution in [0.3, 0.4) is 0 Å². The Kier molecular flexibility index (Phi) is 5.74. The van der Waals surface area contributed by atoms with E-state index in [-0.39, 0.29) is 23.4 Å². The van der Waals surface area contributed by atoms with E-state index in [0.717, 1.165) is 10.8 Å². The maximum atomic E-state index is 14.9. The van der Waals surface area contributed by atoms with Crippen molar-refractivity contribution in [3.63, 3.8) is 0 Å². The monoisotopic (exact) mass is 468 g/mol. The molecule has 1 fully saturated rings. The van der Waals surface area contributed by atoms with Crippen LogP contribution in [-0.4, -0.2) is 33.8 Å². The van der Waals surface area contributed by atoms with Gasteiger partial charge in [0.25, 0.3) is 11.7 Å². The number of benzene rings is 3. The van der Waals surface area contributed by atoms with Crippen LogP contribution in [-0.2, 0) is 16.1 Å². The zero-order valence-corrected chi connectivity index (χ0v) is 18.8.